The summed E-state index contributed by atoms with van der Waals surface area (Å²) in [5.74, 6) is -1.18. The number of hydrogen-bond acceptors (Lipinski definition) is 6. The van der Waals surface area contributed by atoms with Crippen LogP contribution in [-0.4, -0.2) is 41.7 Å². The van der Waals surface area contributed by atoms with Gasteiger partial charge in [0.1, 0.15) is 16.4 Å². The second-order valence-electron chi connectivity index (χ2n) is 7.35. The number of aliphatic hydroxyl groups is 1. The number of hydrogen-bond donors (Lipinski definition) is 1. The Hall–Kier alpha value is -2.54. The van der Waals surface area contributed by atoms with E-state index >= 15 is 0 Å². The van der Waals surface area contributed by atoms with Crippen LogP contribution >= 0.6 is 11.8 Å². The van der Waals surface area contributed by atoms with Gasteiger partial charge in [-0.1, -0.05) is 24.8 Å². The van der Waals surface area contributed by atoms with E-state index < -0.39 is 5.97 Å². The lowest BCUT2D eigenvalue weighted by Crippen LogP contribution is -2.17. The lowest BCUT2D eigenvalue weighted by Gasteiger charge is -2.18. The number of aryl methyl sites for hydroxylation is 1. The third kappa shape index (κ3) is 4.95. The highest BCUT2D eigenvalue weighted by atomic mass is 32.2. The normalized spacial score (nSPS) is 19.2. The number of amides is 1. The minimum atomic E-state index is -0.671. The predicted molar refractivity (Wildman–Crippen MR) is 122 cm³/mol. The third-order valence-electron chi connectivity index (χ3n) is 5.07. The van der Waals surface area contributed by atoms with E-state index in [0.717, 1.165) is 36.0 Å². The van der Waals surface area contributed by atoms with Crippen LogP contribution in [0.15, 0.2) is 39.4 Å². The standard InChI is InChI=1S/C23H28N2O4S/c1-4-8-19(26)24-22-20(23(28)29-5-2)21(27)18(30-22)14-16-9-10-17(13-15(16)3)25-11-6-7-12-25/h9-10,13-14,27H,4-8,11-12H2,1-3H3/b18-14-,24-22?. The van der Waals surface area contributed by atoms with Gasteiger partial charge in [0.25, 0.3) is 0 Å². The second-order valence-corrected chi connectivity index (χ2v) is 8.38. The van der Waals surface area contributed by atoms with Gasteiger partial charge in [0.05, 0.1) is 11.5 Å². The lowest BCUT2D eigenvalue weighted by molar-refractivity contribution is -0.138. The largest absolute Gasteiger partial charge is 0.506 e. The summed E-state index contributed by atoms with van der Waals surface area (Å²) in [5.41, 5.74) is 3.18. The first-order valence-electron chi connectivity index (χ1n) is 10.4. The Morgan fingerprint density at radius 3 is 2.63 bits per heavy atom. The van der Waals surface area contributed by atoms with E-state index in [9.17, 15) is 14.7 Å². The molecule has 160 valence electrons. The van der Waals surface area contributed by atoms with Gasteiger partial charge in [-0.2, -0.15) is 0 Å². The number of ether oxygens (including phenoxy) is 1. The van der Waals surface area contributed by atoms with Gasteiger partial charge >= 0.3 is 5.97 Å². The zero-order valence-electron chi connectivity index (χ0n) is 17.7. The molecule has 1 aromatic carbocycles. The smallest absolute Gasteiger partial charge is 0.344 e. The summed E-state index contributed by atoms with van der Waals surface area (Å²) in [6.45, 7) is 7.94. The number of benzene rings is 1. The van der Waals surface area contributed by atoms with Crippen LogP contribution in [0.4, 0.5) is 5.69 Å². The van der Waals surface area contributed by atoms with Crippen molar-refractivity contribution in [2.75, 3.05) is 24.6 Å². The highest BCUT2D eigenvalue weighted by Gasteiger charge is 2.33. The van der Waals surface area contributed by atoms with E-state index in [2.05, 4.69) is 22.0 Å². The number of aliphatic imine (C=N–C) groups is 1. The van der Waals surface area contributed by atoms with Gasteiger partial charge in [-0.05, 0) is 62.4 Å². The van der Waals surface area contributed by atoms with E-state index in [1.54, 1.807) is 6.92 Å². The van der Waals surface area contributed by atoms with Crippen LogP contribution in [-0.2, 0) is 14.3 Å². The fraction of sp³-hybridized carbons (Fsp3) is 0.435. The molecule has 0 spiro atoms. The maximum absolute atomic E-state index is 12.4. The summed E-state index contributed by atoms with van der Waals surface area (Å²) in [4.78, 5) is 31.3. The molecule has 2 heterocycles. The van der Waals surface area contributed by atoms with E-state index in [-0.39, 0.29) is 35.3 Å². The maximum atomic E-state index is 12.4. The van der Waals surface area contributed by atoms with Crippen molar-refractivity contribution < 1.29 is 19.4 Å². The van der Waals surface area contributed by atoms with Crippen LogP contribution in [0.1, 0.15) is 50.7 Å². The summed E-state index contributed by atoms with van der Waals surface area (Å²) < 4.78 is 5.07. The monoisotopic (exact) mass is 428 g/mol. The first-order chi connectivity index (χ1) is 14.4. The fourth-order valence-electron chi connectivity index (χ4n) is 3.51. The third-order valence-corrected chi connectivity index (χ3v) is 6.09. The predicted octanol–water partition coefficient (Wildman–Crippen LogP) is 4.78. The molecule has 2 aliphatic heterocycles. The molecule has 1 amide bonds. The Bertz CT molecular complexity index is 927. The minimum Gasteiger partial charge on any atom is -0.506 e. The van der Waals surface area contributed by atoms with Gasteiger partial charge in [-0.3, -0.25) is 4.79 Å². The van der Waals surface area contributed by atoms with Crippen molar-refractivity contribution in [1.82, 2.24) is 0 Å². The van der Waals surface area contributed by atoms with Crippen LogP contribution in [0.5, 0.6) is 0 Å². The van der Waals surface area contributed by atoms with Crippen LogP contribution < -0.4 is 4.90 Å². The van der Waals surface area contributed by atoms with Gasteiger partial charge < -0.3 is 14.7 Å². The summed E-state index contributed by atoms with van der Waals surface area (Å²) >= 11 is 1.12. The van der Waals surface area contributed by atoms with Crippen LogP contribution in [0, 0.1) is 6.92 Å². The molecule has 1 saturated heterocycles. The van der Waals surface area contributed by atoms with E-state index in [1.165, 1.54) is 18.5 Å². The maximum Gasteiger partial charge on any atom is 0.344 e. The zero-order chi connectivity index (χ0) is 21.7. The molecule has 0 bridgehead atoms. The van der Waals surface area contributed by atoms with Crippen molar-refractivity contribution in [2.45, 2.75) is 46.5 Å². The van der Waals surface area contributed by atoms with Gasteiger partial charge in [0.15, 0.2) is 0 Å². The number of anilines is 1. The average Bonchev–Trinajstić information content (AvgIpc) is 3.33. The van der Waals surface area contributed by atoms with Gasteiger partial charge in [0, 0.05) is 25.2 Å². The molecule has 0 aliphatic carbocycles. The molecule has 0 radical (unpaired) electrons. The molecule has 0 atom stereocenters. The molecule has 1 N–H and O–H groups in total. The minimum absolute atomic E-state index is 0.0381. The number of carbonyl (C=O) groups excluding carboxylic acids is 2. The highest BCUT2D eigenvalue weighted by molar-refractivity contribution is 8.18. The van der Waals surface area contributed by atoms with Gasteiger partial charge in [-0.25, -0.2) is 9.79 Å². The quantitative estimate of drug-likeness (QED) is 0.657. The molecule has 7 heteroatoms. The number of esters is 1. The molecule has 1 aromatic rings. The van der Waals surface area contributed by atoms with E-state index in [4.69, 9.17) is 4.74 Å². The number of thioether (sulfide) groups is 1. The number of aliphatic hydroxyl groups excluding tert-OH is 1. The number of rotatable bonds is 6. The van der Waals surface area contributed by atoms with Crippen molar-refractivity contribution in [2.24, 2.45) is 4.99 Å². The fourth-order valence-corrected chi connectivity index (χ4v) is 4.53. The van der Waals surface area contributed by atoms with Crippen LogP contribution in [0.2, 0.25) is 0 Å². The highest BCUT2D eigenvalue weighted by Crippen LogP contribution is 2.39. The molecular weight excluding hydrogens is 400 g/mol. The molecule has 30 heavy (non-hydrogen) atoms. The molecule has 0 saturated carbocycles. The molecule has 2 aliphatic rings. The molecule has 3 rings (SSSR count). The summed E-state index contributed by atoms with van der Waals surface area (Å²) in [6.07, 6.45) is 5.22. The van der Waals surface area contributed by atoms with Crippen molar-refractivity contribution in [3.8, 4) is 0 Å². The lowest BCUT2D eigenvalue weighted by atomic mass is 10.1. The number of carbonyl (C=O) groups is 2. The van der Waals surface area contributed by atoms with Crippen molar-refractivity contribution in [3.05, 3.63) is 45.6 Å². The Labute approximate surface area is 181 Å². The summed E-state index contributed by atoms with van der Waals surface area (Å²) in [6, 6.07) is 6.24. The molecule has 6 nitrogen and oxygen atoms in total. The van der Waals surface area contributed by atoms with Crippen molar-refractivity contribution in [1.29, 1.82) is 0 Å². The van der Waals surface area contributed by atoms with Crippen LogP contribution in [0.25, 0.3) is 6.08 Å². The van der Waals surface area contributed by atoms with Crippen molar-refractivity contribution >= 4 is 40.4 Å². The Balaban J connectivity index is 1.93. The Morgan fingerprint density at radius 1 is 1.27 bits per heavy atom. The van der Waals surface area contributed by atoms with Gasteiger partial charge in [-0.15, -0.1) is 0 Å². The SMILES string of the molecule is CCCC(=O)N=C1S/C(=C\c2ccc(N3CCCC3)cc2C)C(O)=C1C(=O)OCC. The van der Waals surface area contributed by atoms with E-state index in [0.29, 0.717) is 11.3 Å². The Morgan fingerprint density at radius 2 is 2.00 bits per heavy atom. The van der Waals surface area contributed by atoms with E-state index in [1.807, 2.05) is 26.0 Å². The molecule has 0 unspecified atom stereocenters. The van der Waals surface area contributed by atoms with Gasteiger partial charge in [0.2, 0.25) is 5.91 Å². The zero-order valence-corrected chi connectivity index (χ0v) is 18.6. The molecule has 0 aromatic heterocycles. The summed E-state index contributed by atoms with van der Waals surface area (Å²) in [7, 11) is 0. The molecule has 1 fully saturated rings. The summed E-state index contributed by atoms with van der Waals surface area (Å²) in [5, 5.41) is 10.9. The van der Waals surface area contributed by atoms with Crippen molar-refractivity contribution in [3.63, 3.8) is 0 Å². The van der Waals surface area contributed by atoms with Crippen LogP contribution in [0.3, 0.4) is 0 Å². The number of nitrogens with zero attached hydrogens (tertiary/aromatic N) is 2. The average molecular weight is 429 g/mol. The Kier molecular flexibility index (Phi) is 7.37. The molecular formula is C23H28N2O4S. The topological polar surface area (TPSA) is 79.2 Å². The second kappa shape index (κ2) is 9.98. The first-order valence-corrected chi connectivity index (χ1v) is 11.2. The first kappa shape index (κ1) is 22.2.